The molecule has 1 aliphatic heterocycles. The number of unbranched alkanes of at least 4 members (excludes halogenated alkanes) is 1. The van der Waals surface area contributed by atoms with Crippen molar-refractivity contribution in [3.05, 3.63) is 41.5 Å². The predicted octanol–water partition coefficient (Wildman–Crippen LogP) is 3.76. The van der Waals surface area contributed by atoms with Crippen LogP contribution in [0.5, 0.6) is 5.75 Å². The quantitative estimate of drug-likeness (QED) is 0.778. The lowest BCUT2D eigenvalue weighted by atomic mass is 10.0. The molecule has 0 N–H and O–H groups in total. The zero-order valence-electron chi connectivity index (χ0n) is 14.0. The molecule has 1 aliphatic rings. The molecule has 0 spiro atoms. The second-order valence-electron chi connectivity index (χ2n) is 6.11. The highest BCUT2D eigenvalue weighted by Gasteiger charge is 2.27. The Kier molecular flexibility index (Phi) is 5.28. The standard InChI is InChI=1S/C18H25N3O2/c1-3-4-10-17-19-18(23-20-17)13-21-11-6-9-16(21)14-7-5-8-15(12-14)22-2/h5,7-8,12,16H,3-4,6,9-11,13H2,1-2H3. The summed E-state index contributed by atoms with van der Waals surface area (Å²) in [6.07, 6.45) is 5.51. The topological polar surface area (TPSA) is 51.4 Å². The smallest absolute Gasteiger partial charge is 0.240 e. The molecule has 0 aliphatic carbocycles. The first-order chi connectivity index (χ1) is 11.3. The van der Waals surface area contributed by atoms with Gasteiger partial charge in [-0.1, -0.05) is 30.6 Å². The van der Waals surface area contributed by atoms with Gasteiger partial charge in [-0.25, -0.2) is 0 Å². The van der Waals surface area contributed by atoms with Gasteiger partial charge in [0.25, 0.3) is 0 Å². The van der Waals surface area contributed by atoms with E-state index in [1.165, 1.54) is 12.0 Å². The van der Waals surface area contributed by atoms with Gasteiger partial charge in [0.15, 0.2) is 5.82 Å². The maximum absolute atomic E-state index is 5.43. The van der Waals surface area contributed by atoms with E-state index in [1.807, 2.05) is 6.07 Å². The number of likely N-dealkylation sites (tertiary alicyclic amines) is 1. The summed E-state index contributed by atoms with van der Waals surface area (Å²) in [5.74, 6) is 2.47. The number of methoxy groups -OCH3 is 1. The third kappa shape index (κ3) is 3.91. The first kappa shape index (κ1) is 16.0. The highest BCUT2D eigenvalue weighted by molar-refractivity contribution is 5.31. The summed E-state index contributed by atoms with van der Waals surface area (Å²) >= 11 is 0. The Morgan fingerprint density at radius 1 is 1.39 bits per heavy atom. The minimum absolute atomic E-state index is 0.399. The van der Waals surface area contributed by atoms with E-state index in [4.69, 9.17) is 9.26 Å². The molecule has 1 aromatic carbocycles. The number of hydrogen-bond acceptors (Lipinski definition) is 5. The Bertz CT molecular complexity index is 626. The van der Waals surface area contributed by atoms with Crippen LogP contribution in [0.1, 0.15) is 55.9 Å². The summed E-state index contributed by atoms with van der Waals surface area (Å²) in [6.45, 7) is 3.96. The summed E-state index contributed by atoms with van der Waals surface area (Å²) in [7, 11) is 1.71. The van der Waals surface area contributed by atoms with E-state index in [-0.39, 0.29) is 0 Å². The SMILES string of the molecule is CCCCc1noc(CN2CCCC2c2cccc(OC)c2)n1. The Morgan fingerprint density at radius 2 is 2.30 bits per heavy atom. The highest BCUT2D eigenvalue weighted by atomic mass is 16.5. The van der Waals surface area contributed by atoms with Crippen molar-refractivity contribution in [3.63, 3.8) is 0 Å². The van der Waals surface area contributed by atoms with Gasteiger partial charge in [-0.05, 0) is 43.5 Å². The van der Waals surface area contributed by atoms with Crippen molar-refractivity contribution in [3.8, 4) is 5.75 Å². The monoisotopic (exact) mass is 315 g/mol. The molecular weight excluding hydrogens is 290 g/mol. The van der Waals surface area contributed by atoms with E-state index in [9.17, 15) is 0 Å². The number of benzene rings is 1. The number of ether oxygens (including phenoxy) is 1. The van der Waals surface area contributed by atoms with Crippen LogP contribution < -0.4 is 4.74 Å². The average molecular weight is 315 g/mol. The molecular formula is C18H25N3O2. The van der Waals surface area contributed by atoms with Gasteiger partial charge in [-0.2, -0.15) is 4.98 Å². The highest BCUT2D eigenvalue weighted by Crippen LogP contribution is 2.34. The second kappa shape index (κ2) is 7.59. The van der Waals surface area contributed by atoms with Gasteiger partial charge in [-0.15, -0.1) is 0 Å². The van der Waals surface area contributed by atoms with E-state index < -0.39 is 0 Å². The molecule has 1 unspecified atom stereocenters. The van der Waals surface area contributed by atoms with Crippen LogP contribution in [-0.4, -0.2) is 28.7 Å². The Balaban J connectivity index is 1.67. The van der Waals surface area contributed by atoms with Crippen LogP contribution in [-0.2, 0) is 13.0 Å². The number of nitrogens with zero attached hydrogens (tertiary/aromatic N) is 3. The minimum atomic E-state index is 0.399. The Labute approximate surface area is 137 Å². The van der Waals surface area contributed by atoms with Gasteiger partial charge in [0, 0.05) is 12.5 Å². The van der Waals surface area contributed by atoms with Crippen molar-refractivity contribution < 1.29 is 9.26 Å². The Hall–Kier alpha value is -1.88. The zero-order valence-corrected chi connectivity index (χ0v) is 14.0. The van der Waals surface area contributed by atoms with Crippen LogP contribution in [0.25, 0.3) is 0 Å². The molecule has 0 amide bonds. The second-order valence-corrected chi connectivity index (χ2v) is 6.11. The summed E-state index contributed by atoms with van der Waals surface area (Å²) in [5.41, 5.74) is 1.30. The number of rotatable bonds is 7. The maximum atomic E-state index is 5.43. The third-order valence-corrected chi connectivity index (χ3v) is 4.44. The number of hydrogen-bond donors (Lipinski definition) is 0. The van der Waals surface area contributed by atoms with E-state index in [2.05, 4.69) is 40.2 Å². The van der Waals surface area contributed by atoms with Gasteiger partial charge in [0.2, 0.25) is 5.89 Å². The third-order valence-electron chi connectivity index (χ3n) is 4.44. The van der Waals surface area contributed by atoms with Crippen LogP contribution in [0.2, 0.25) is 0 Å². The number of aryl methyl sites for hydroxylation is 1. The molecule has 1 aromatic heterocycles. The Morgan fingerprint density at radius 3 is 3.13 bits per heavy atom. The van der Waals surface area contributed by atoms with Gasteiger partial charge >= 0.3 is 0 Å². The molecule has 5 nitrogen and oxygen atoms in total. The van der Waals surface area contributed by atoms with Crippen LogP contribution in [0.3, 0.4) is 0 Å². The molecule has 0 radical (unpaired) electrons. The first-order valence-corrected chi connectivity index (χ1v) is 8.49. The molecule has 124 valence electrons. The predicted molar refractivity (Wildman–Crippen MR) is 88.3 cm³/mol. The van der Waals surface area contributed by atoms with Gasteiger partial charge in [-0.3, -0.25) is 4.90 Å². The van der Waals surface area contributed by atoms with Crippen molar-refractivity contribution in [1.29, 1.82) is 0 Å². The maximum Gasteiger partial charge on any atom is 0.240 e. The van der Waals surface area contributed by atoms with E-state index in [1.54, 1.807) is 7.11 Å². The van der Waals surface area contributed by atoms with E-state index >= 15 is 0 Å². The lowest BCUT2D eigenvalue weighted by Crippen LogP contribution is -2.23. The normalized spacial score (nSPS) is 18.4. The molecule has 2 heterocycles. The van der Waals surface area contributed by atoms with Crippen molar-refractivity contribution in [2.75, 3.05) is 13.7 Å². The molecule has 5 heteroatoms. The summed E-state index contributed by atoms with van der Waals surface area (Å²) in [5, 5.41) is 4.09. The molecule has 23 heavy (non-hydrogen) atoms. The van der Waals surface area contributed by atoms with Crippen molar-refractivity contribution >= 4 is 0 Å². The lowest BCUT2D eigenvalue weighted by molar-refractivity contribution is 0.212. The largest absolute Gasteiger partial charge is 0.497 e. The molecule has 1 atom stereocenters. The van der Waals surface area contributed by atoms with Gasteiger partial charge < -0.3 is 9.26 Å². The van der Waals surface area contributed by atoms with Crippen LogP contribution in [0.4, 0.5) is 0 Å². The fraction of sp³-hybridized carbons (Fsp3) is 0.556. The van der Waals surface area contributed by atoms with Crippen LogP contribution >= 0.6 is 0 Å². The molecule has 0 bridgehead atoms. The van der Waals surface area contributed by atoms with E-state index in [0.29, 0.717) is 6.04 Å². The average Bonchev–Trinajstić information content (AvgIpc) is 3.23. The van der Waals surface area contributed by atoms with Gasteiger partial charge in [0.05, 0.1) is 13.7 Å². The van der Waals surface area contributed by atoms with Crippen molar-refractivity contribution in [2.24, 2.45) is 0 Å². The summed E-state index contributed by atoms with van der Waals surface area (Å²) in [6, 6.07) is 8.74. The van der Waals surface area contributed by atoms with Crippen LogP contribution in [0, 0.1) is 0 Å². The summed E-state index contributed by atoms with van der Waals surface area (Å²) < 4.78 is 10.8. The molecule has 3 rings (SSSR count). The van der Waals surface area contributed by atoms with Gasteiger partial charge in [0.1, 0.15) is 5.75 Å². The first-order valence-electron chi connectivity index (χ1n) is 8.49. The van der Waals surface area contributed by atoms with Crippen LogP contribution in [0.15, 0.2) is 28.8 Å². The molecule has 2 aromatic rings. The molecule has 0 saturated carbocycles. The van der Waals surface area contributed by atoms with Crippen molar-refractivity contribution in [1.82, 2.24) is 15.0 Å². The van der Waals surface area contributed by atoms with E-state index in [0.717, 1.165) is 56.2 Å². The molecule has 1 fully saturated rings. The summed E-state index contributed by atoms with van der Waals surface area (Å²) in [4.78, 5) is 6.95. The lowest BCUT2D eigenvalue weighted by Gasteiger charge is -2.23. The fourth-order valence-electron chi connectivity index (χ4n) is 3.21. The van der Waals surface area contributed by atoms with Crippen molar-refractivity contribution in [2.45, 2.75) is 51.6 Å². The minimum Gasteiger partial charge on any atom is -0.497 e. The number of aromatic nitrogens is 2. The molecule has 1 saturated heterocycles. The fourth-order valence-corrected chi connectivity index (χ4v) is 3.21. The zero-order chi connectivity index (χ0) is 16.1.